The molecule has 1 aromatic heterocycles. The van der Waals surface area contributed by atoms with Gasteiger partial charge in [-0.25, -0.2) is 4.79 Å². The smallest absolute Gasteiger partial charge is 0.332 e. The molecule has 1 aliphatic carbocycles. The van der Waals surface area contributed by atoms with E-state index in [-0.39, 0.29) is 24.6 Å². The Kier molecular flexibility index (Phi) is 6.46. The standard InChI is InChI=1S/C25H27N3O3/c29-23(26-16-15-19-9-3-1-4-10-19)18-27-22-14-8-7-13-21(22)24(30)28(25(27)31)17-20-11-5-2-6-12-20/h2,5-9,11-14H,1,3-4,10,15-18H2,(H,26,29). The van der Waals surface area contributed by atoms with Crippen molar-refractivity contribution in [1.82, 2.24) is 14.5 Å². The molecule has 0 aliphatic heterocycles. The SMILES string of the molecule is O=C(Cn1c(=O)n(Cc2ccccc2)c(=O)c2ccccc21)NCCC1=CCCCC1. The van der Waals surface area contributed by atoms with E-state index in [4.69, 9.17) is 0 Å². The van der Waals surface area contributed by atoms with E-state index in [1.165, 1.54) is 27.5 Å². The highest BCUT2D eigenvalue weighted by atomic mass is 16.2. The van der Waals surface area contributed by atoms with Crippen LogP contribution in [0.15, 0.2) is 75.8 Å². The van der Waals surface area contributed by atoms with Gasteiger partial charge in [0.25, 0.3) is 5.56 Å². The van der Waals surface area contributed by atoms with E-state index in [0.717, 1.165) is 24.8 Å². The molecule has 0 saturated carbocycles. The zero-order valence-electron chi connectivity index (χ0n) is 17.5. The first-order chi connectivity index (χ1) is 15.1. The Bertz CT molecular complexity index is 1220. The molecule has 1 amide bonds. The molecule has 160 valence electrons. The summed E-state index contributed by atoms with van der Waals surface area (Å²) >= 11 is 0. The number of carbonyl (C=O) groups excluding carboxylic acids is 1. The Labute approximate surface area is 180 Å². The minimum Gasteiger partial charge on any atom is -0.354 e. The van der Waals surface area contributed by atoms with Gasteiger partial charge in [-0.1, -0.05) is 54.1 Å². The van der Waals surface area contributed by atoms with Crippen LogP contribution in [0.25, 0.3) is 10.9 Å². The van der Waals surface area contributed by atoms with E-state index in [1.54, 1.807) is 24.3 Å². The predicted octanol–water partition coefficient (Wildman–Crippen LogP) is 3.22. The van der Waals surface area contributed by atoms with Gasteiger partial charge in [-0.2, -0.15) is 0 Å². The quantitative estimate of drug-likeness (QED) is 0.600. The Balaban J connectivity index is 1.59. The number of para-hydroxylation sites is 1. The number of aromatic nitrogens is 2. The first kappa shape index (κ1) is 20.8. The van der Waals surface area contributed by atoms with Crippen molar-refractivity contribution in [2.75, 3.05) is 6.54 Å². The van der Waals surface area contributed by atoms with Gasteiger partial charge in [0.15, 0.2) is 0 Å². The number of rotatable bonds is 7. The average Bonchev–Trinajstić information content (AvgIpc) is 2.81. The molecule has 4 rings (SSSR count). The van der Waals surface area contributed by atoms with Gasteiger partial charge in [0.1, 0.15) is 6.54 Å². The third kappa shape index (κ3) is 4.85. The number of hydrogen-bond acceptors (Lipinski definition) is 3. The third-order valence-corrected chi connectivity index (χ3v) is 5.77. The van der Waals surface area contributed by atoms with E-state index in [2.05, 4.69) is 11.4 Å². The summed E-state index contributed by atoms with van der Waals surface area (Å²) in [5.74, 6) is -0.228. The Morgan fingerprint density at radius 1 is 0.935 bits per heavy atom. The molecule has 1 aliphatic rings. The second-order valence-electron chi connectivity index (χ2n) is 7.97. The maximum Gasteiger partial charge on any atom is 0.332 e. The minimum atomic E-state index is -0.474. The monoisotopic (exact) mass is 417 g/mol. The van der Waals surface area contributed by atoms with Gasteiger partial charge in [0, 0.05) is 6.54 Å². The van der Waals surface area contributed by atoms with E-state index >= 15 is 0 Å². The van der Waals surface area contributed by atoms with Crippen molar-refractivity contribution in [3.8, 4) is 0 Å². The number of fused-ring (bicyclic) bond motifs is 1. The molecule has 2 aromatic carbocycles. The van der Waals surface area contributed by atoms with Crippen LogP contribution in [0.1, 0.15) is 37.7 Å². The molecule has 6 nitrogen and oxygen atoms in total. The maximum atomic E-state index is 13.2. The molecule has 6 heteroatoms. The molecule has 0 bridgehead atoms. The lowest BCUT2D eigenvalue weighted by Crippen LogP contribution is -2.43. The van der Waals surface area contributed by atoms with Gasteiger partial charge in [-0.3, -0.25) is 18.7 Å². The molecule has 3 aromatic rings. The molecule has 0 atom stereocenters. The van der Waals surface area contributed by atoms with Crippen LogP contribution < -0.4 is 16.6 Å². The van der Waals surface area contributed by atoms with Crippen molar-refractivity contribution in [1.29, 1.82) is 0 Å². The van der Waals surface area contributed by atoms with Crippen LogP contribution in [-0.4, -0.2) is 21.6 Å². The number of nitrogens with zero attached hydrogens (tertiary/aromatic N) is 2. The van der Waals surface area contributed by atoms with Crippen molar-refractivity contribution in [3.05, 3.63) is 92.6 Å². The molecular formula is C25H27N3O3. The van der Waals surface area contributed by atoms with E-state index in [9.17, 15) is 14.4 Å². The lowest BCUT2D eigenvalue weighted by Gasteiger charge is -2.15. The molecule has 1 heterocycles. The van der Waals surface area contributed by atoms with Crippen molar-refractivity contribution in [2.45, 2.75) is 45.2 Å². The number of amides is 1. The predicted molar refractivity (Wildman–Crippen MR) is 122 cm³/mol. The highest BCUT2D eigenvalue weighted by Crippen LogP contribution is 2.19. The topological polar surface area (TPSA) is 73.1 Å². The van der Waals surface area contributed by atoms with Crippen molar-refractivity contribution in [2.24, 2.45) is 0 Å². The second kappa shape index (κ2) is 9.60. The molecular weight excluding hydrogens is 390 g/mol. The van der Waals surface area contributed by atoms with Gasteiger partial charge < -0.3 is 5.32 Å². The number of allylic oxidation sites excluding steroid dienone is 1. The van der Waals surface area contributed by atoms with Crippen LogP contribution in [0.4, 0.5) is 0 Å². The van der Waals surface area contributed by atoms with Crippen LogP contribution >= 0.6 is 0 Å². The average molecular weight is 418 g/mol. The van der Waals surface area contributed by atoms with Gasteiger partial charge in [-0.05, 0) is 49.8 Å². The normalized spacial score (nSPS) is 13.7. The zero-order chi connectivity index (χ0) is 21.6. The van der Waals surface area contributed by atoms with Crippen LogP contribution in [-0.2, 0) is 17.9 Å². The van der Waals surface area contributed by atoms with Gasteiger partial charge in [-0.15, -0.1) is 0 Å². The molecule has 0 spiro atoms. The summed E-state index contributed by atoms with van der Waals surface area (Å²) < 4.78 is 2.60. The Morgan fingerprint density at radius 3 is 2.48 bits per heavy atom. The fraction of sp³-hybridized carbons (Fsp3) is 0.320. The summed E-state index contributed by atoms with van der Waals surface area (Å²) in [5.41, 5.74) is 1.91. The summed E-state index contributed by atoms with van der Waals surface area (Å²) in [7, 11) is 0. The van der Waals surface area contributed by atoms with E-state index in [0.29, 0.717) is 17.4 Å². The second-order valence-corrected chi connectivity index (χ2v) is 7.97. The lowest BCUT2D eigenvalue weighted by atomic mass is 9.97. The number of nitrogens with one attached hydrogen (secondary N) is 1. The molecule has 0 radical (unpaired) electrons. The van der Waals surface area contributed by atoms with Crippen LogP contribution in [0, 0.1) is 0 Å². The summed E-state index contributed by atoms with van der Waals surface area (Å²) in [6.07, 6.45) is 7.79. The number of hydrogen-bond donors (Lipinski definition) is 1. The lowest BCUT2D eigenvalue weighted by molar-refractivity contribution is -0.121. The summed E-state index contributed by atoms with van der Waals surface area (Å²) in [5, 5.41) is 3.36. The van der Waals surface area contributed by atoms with Crippen molar-refractivity contribution < 1.29 is 4.79 Å². The van der Waals surface area contributed by atoms with E-state index < -0.39 is 5.69 Å². The van der Waals surface area contributed by atoms with Gasteiger partial charge in [0.2, 0.25) is 5.91 Å². The Morgan fingerprint density at radius 2 is 1.71 bits per heavy atom. The summed E-state index contributed by atoms with van der Waals surface area (Å²) in [4.78, 5) is 38.8. The molecule has 0 fully saturated rings. The van der Waals surface area contributed by atoms with Gasteiger partial charge in [0.05, 0.1) is 17.4 Å². The minimum absolute atomic E-state index is 0.118. The molecule has 1 N–H and O–H groups in total. The third-order valence-electron chi connectivity index (χ3n) is 5.77. The van der Waals surface area contributed by atoms with Crippen LogP contribution in [0.5, 0.6) is 0 Å². The molecule has 0 saturated heterocycles. The summed E-state index contributed by atoms with van der Waals surface area (Å²) in [6.45, 7) is 0.605. The van der Waals surface area contributed by atoms with Crippen molar-refractivity contribution >= 4 is 16.8 Å². The van der Waals surface area contributed by atoms with Crippen LogP contribution in [0.3, 0.4) is 0 Å². The maximum absolute atomic E-state index is 13.2. The number of benzene rings is 2. The highest BCUT2D eigenvalue weighted by Gasteiger charge is 2.15. The molecule has 0 unspecified atom stereocenters. The first-order valence-electron chi connectivity index (χ1n) is 10.8. The van der Waals surface area contributed by atoms with Crippen LogP contribution in [0.2, 0.25) is 0 Å². The molecule has 31 heavy (non-hydrogen) atoms. The van der Waals surface area contributed by atoms with E-state index in [1.807, 2.05) is 30.3 Å². The fourth-order valence-corrected chi connectivity index (χ4v) is 4.12. The van der Waals surface area contributed by atoms with Crippen molar-refractivity contribution in [3.63, 3.8) is 0 Å². The highest BCUT2D eigenvalue weighted by molar-refractivity contribution is 5.81. The first-order valence-corrected chi connectivity index (χ1v) is 10.8. The summed E-state index contributed by atoms with van der Waals surface area (Å²) in [6, 6.07) is 16.3. The van der Waals surface area contributed by atoms with Gasteiger partial charge >= 0.3 is 5.69 Å². The zero-order valence-corrected chi connectivity index (χ0v) is 17.5. The largest absolute Gasteiger partial charge is 0.354 e. The fourth-order valence-electron chi connectivity index (χ4n) is 4.12. The number of carbonyl (C=O) groups is 1. The Hall–Kier alpha value is -3.41.